The molecule has 33 heavy (non-hydrogen) atoms. The first kappa shape index (κ1) is 20.7. The molecule has 0 aliphatic heterocycles. The third-order valence-electron chi connectivity index (χ3n) is 5.79. The smallest absolute Gasteiger partial charge is 0.0878 e. The molecule has 0 bridgehead atoms. The number of pyridine rings is 1. The van der Waals surface area contributed by atoms with E-state index in [1.807, 2.05) is 12.1 Å². The Morgan fingerprint density at radius 2 is 1.18 bits per heavy atom. The Balaban J connectivity index is 1.76. The maximum absolute atomic E-state index is 5.07. The minimum absolute atomic E-state index is 0.929. The van der Waals surface area contributed by atoms with Gasteiger partial charge in [0.15, 0.2) is 0 Å². The van der Waals surface area contributed by atoms with Crippen LogP contribution in [0.25, 0.3) is 22.7 Å². The number of benzene rings is 4. The summed E-state index contributed by atoms with van der Waals surface area (Å²) in [6, 6.07) is 40.3. The van der Waals surface area contributed by atoms with E-state index in [9.17, 15) is 0 Å². The number of nitrogens with zero attached hydrogens (tertiary/aromatic N) is 2. The van der Waals surface area contributed by atoms with Gasteiger partial charge in [0.1, 0.15) is 0 Å². The molecule has 0 saturated heterocycles. The normalized spacial score (nSPS) is 11.5. The van der Waals surface area contributed by atoms with Crippen molar-refractivity contribution in [3.63, 3.8) is 0 Å². The van der Waals surface area contributed by atoms with Gasteiger partial charge in [0, 0.05) is 16.8 Å². The number of hydrogen-bond acceptors (Lipinski definition) is 2. The molecule has 160 valence electrons. The Kier molecular flexibility index (Phi) is 5.73. The summed E-state index contributed by atoms with van der Waals surface area (Å²) in [4.78, 5) is 7.36. The maximum Gasteiger partial charge on any atom is 0.0878 e. The SMILES string of the molecule is Cc1ccc(N(C(=Cc2ccccc2)c2ccc3ccccc3n2)c2ccc(C)cc2)cc1. The van der Waals surface area contributed by atoms with Crippen molar-refractivity contribution < 1.29 is 0 Å². The van der Waals surface area contributed by atoms with Crippen molar-refractivity contribution >= 4 is 34.1 Å². The van der Waals surface area contributed by atoms with Crippen LogP contribution >= 0.6 is 0 Å². The Morgan fingerprint density at radius 1 is 0.606 bits per heavy atom. The third kappa shape index (κ3) is 4.56. The van der Waals surface area contributed by atoms with Gasteiger partial charge in [-0.3, -0.25) is 0 Å². The van der Waals surface area contributed by atoms with Crippen LogP contribution in [0, 0.1) is 13.8 Å². The lowest BCUT2D eigenvalue weighted by Crippen LogP contribution is -2.16. The van der Waals surface area contributed by atoms with E-state index in [0.717, 1.165) is 39.2 Å². The summed E-state index contributed by atoms with van der Waals surface area (Å²) >= 11 is 0. The molecular weight excluding hydrogens is 400 g/mol. The standard InChI is InChI=1S/C31H26N2/c1-23-12-17-27(18-13-23)33(28-19-14-24(2)15-20-28)31(22-25-8-4-3-5-9-25)30-21-16-26-10-6-7-11-29(26)32-30/h3-22H,1-2H3. The molecule has 2 heteroatoms. The number of aryl methyl sites for hydroxylation is 2. The molecule has 4 aromatic carbocycles. The first-order valence-corrected chi connectivity index (χ1v) is 11.2. The molecule has 0 atom stereocenters. The zero-order valence-corrected chi connectivity index (χ0v) is 18.9. The second-order valence-corrected chi connectivity index (χ2v) is 8.34. The predicted octanol–water partition coefficient (Wildman–Crippen LogP) is 8.19. The molecule has 1 heterocycles. The molecule has 0 N–H and O–H groups in total. The van der Waals surface area contributed by atoms with Crippen LogP contribution in [0.1, 0.15) is 22.4 Å². The van der Waals surface area contributed by atoms with Crippen LogP contribution in [-0.2, 0) is 0 Å². The lowest BCUT2D eigenvalue weighted by atomic mass is 10.1. The van der Waals surface area contributed by atoms with Gasteiger partial charge in [-0.25, -0.2) is 4.98 Å². The zero-order valence-electron chi connectivity index (χ0n) is 18.9. The second-order valence-electron chi connectivity index (χ2n) is 8.34. The largest absolute Gasteiger partial charge is 0.308 e. The first-order valence-electron chi connectivity index (χ1n) is 11.2. The van der Waals surface area contributed by atoms with Gasteiger partial charge >= 0.3 is 0 Å². The first-order chi connectivity index (χ1) is 16.2. The molecule has 0 spiro atoms. The summed E-state index contributed by atoms with van der Waals surface area (Å²) in [5, 5.41) is 1.14. The van der Waals surface area contributed by atoms with Crippen LogP contribution in [0.4, 0.5) is 11.4 Å². The van der Waals surface area contributed by atoms with E-state index in [1.165, 1.54) is 11.1 Å². The monoisotopic (exact) mass is 426 g/mol. The predicted molar refractivity (Wildman–Crippen MR) is 141 cm³/mol. The van der Waals surface area contributed by atoms with Crippen molar-refractivity contribution in [2.45, 2.75) is 13.8 Å². The number of anilines is 2. The molecule has 5 rings (SSSR count). The summed E-state index contributed by atoms with van der Waals surface area (Å²) in [7, 11) is 0. The highest BCUT2D eigenvalue weighted by molar-refractivity contribution is 5.96. The van der Waals surface area contributed by atoms with Crippen LogP contribution in [0.3, 0.4) is 0 Å². The van der Waals surface area contributed by atoms with Gasteiger partial charge in [0.05, 0.1) is 16.9 Å². The molecular formula is C31H26N2. The van der Waals surface area contributed by atoms with Gasteiger partial charge < -0.3 is 4.90 Å². The van der Waals surface area contributed by atoms with Gasteiger partial charge in [0.25, 0.3) is 0 Å². The molecule has 0 radical (unpaired) electrons. The molecule has 0 saturated carbocycles. The van der Waals surface area contributed by atoms with Gasteiger partial charge in [-0.05, 0) is 61.9 Å². The minimum Gasteiger partial charge on any atom is -0.308 e. The maximum atomic E-state index is 5.07. The molecule has 5 aromatic rings. The molecule has 0 unspecified atom stereocenters. The Hall–Kier alpha value is -4.17. The number of para-hydroxylation sites is 1. The molecule has 0 amide bonds. The van der Waals surface area contributed by atoms with E-state index in [-0.39, 0.29) is 0 Å². The lowest BCUT2D eigenvalue weighted by Gasteiger charge is -2.28. The van der Waals surface area contributed by atoms with Crippen molar-refractivity contribution in [3.05, 3.63) is 138 Å². The van der Waals surface area contributed by atoms with E-state index < -0.39 is 0 Å². The minimum atomic E-state index is 0.929. The fourth-order valence-corrected chi connectivity index (χ4v) is 3.98. The molecule has 0 fully saturated rings. The van der Waals surface area contributed by atoms with Crippen molar-refractivity contribution in [2.75, 3.05) is 4.90 Å². The van der Waals surface area contributed by atoms with Crippen molar-refractivity contribution in [1.29, 1.82) is 0 Å². The third-order valence-corrected chi connectivity index (χ3v) is 5.79. The van der Waals surface area contributed by atoms with Crippen LogP contribution in [0.15, 0.2) is 115 Å². The second kappa shape index (κ2) is 9.13. The van der Waals surface area contributed by atoms with Gasteiger partial charge in [-0.15, -0.1) is 0 Å². The summed E-state index contributed by atoms with van der Waals surface area (Å²) in [6.45, 7) is 4.23. The van der Waals surface area contributed by atoms with Crippen LogP contribution in [0.5, 0.6) is 0 Å². The Morgan fingerprint density at radius 3 is 1.82 bits per heavy atom. The van der Waals surface area contributed by atoms with Gasteiger partial charge in [-0.2, -0.15) is 0 Å². The van der Waals surface area contributed by atoms with E-state index >= 15 is 0 Å². The Labute approximate surface area is 195 Å². The number of rotatable bonds is 5. The fourth-order valence-electron chi connectivity index (χ4n) is 3.98. The zero-order chi connectivity index (χ0) is 22.6. The highest BCUT2D eigenvalue weighted by Crippen LogP contribution is 2.36. The van der Waals surface area contributed by atoms with E-state index in [1.54, 1.807) is 0 Å². The Bertz CT molecular complexity index is 1350. The topological polar surface area (TPSA) is 16.1 Å². The highest BCUT2D eigenvalue weighted by Gasteiger charge is 2.18. The van der Waals surface area contributed by atoms with E-state index in [4.69, 9.17) is 4.98 Å². The summed E-state index contributed by atoms with van der Waals surface area (Å²) < 4.78 is 0. The van der Waals surface area contributed by atoms with Crippen LogP contribution < -0.4 is 4.90 Å². The molecule has 0 aliphatic rings. The highest BCUT2D eigenvalue weighted by atomic mass is 15.2. The van der Waals surface area contributed by atoms with Gasteiger partial charge in [0.2, 0.25) is 0 Å². The summed E-state index contributed by atoms with van der Waals surface area (Å²) in [5.74, 6) is 0. The van der Waals surface area contributed by atoms with Crippen LogP contribution in [-0.4, -0.2) is 4.98 Å². The molecule has 2 nitrogen and oxygen atoms in total. The number of hydrogen-bond donors (Lipinski definition) is 0. The van der Waals surface area contributed by atoms with E-state index in [0.29, 0.717) is 0 Å². The number of fused-ring (bicyclic) bond motifs is 1. The summed E-state index contributed by atoms with van der Waals surface area (Å²) in [5.41, 5.74) is 8.75. The average molecular weight is 427 g/mol. The van der Waals surface area contributed by atoms with Gasteiger partial charge in [-0.1, -0.05) is 90.0 Å². The van der Waals surface area contributed by atoms with E-state index in [2.05, 4.69) is 128 Å². The average Bonchev–Trinajstić information content (AvgIpc) is 2.86. The van der Waals surface area contributed by atoms with Crippen molar-refractivity contribution in [1.82, 2.24) is 4.98 Å². The fraction of sp³-hybridized carbons (Fsp3) is 0.0645. The quantitative estimate of drug-likeness (QED) is 0.282. The van der Waals surface area contributed by atoms with Crippen LogP contribution in [0.2, 0.25) is 0 Å². The van der Waals surface area contributed by atoms with Crippen molar-refractivity contribution in [2.24, 2.45) is 0 Å². The van der Waals surface area contributed by atoms with Crippen molar-refractivity contribution in [3.8, 4) is 0 Å². The molecule has 1 aromatic heterocycles. The molecule has 0 aliphatic carbocycles. The number of aromatic nitrogens is 1. The summed E-state index contributed by atoms with van der Waals surface area (Å²) in [6.07, 6.45) is 2.22. The lowest BCUT2D eigenvalue weighted by molar-refractivity contribution is 1.24.